The Hall–Kier alpha value is -0.850. The fourth-order valence-electron chi connectivity index (χ4n) is 5.13. The van der Waals surface area contributed by atoms with Crippen LogP contribution in [0.4, 0.5) is 0 Å². The number of rotatable bonds is 3. The zero-order chi connectivity index (χ0) is 12.9. The molecule has 0 spiro atoms. The van der Waals surface area contributed by atoms with Gasteiger partial charge < -0.3 is 5.32 Å². The number of thiophene rings is 1. The maximum atomic E-state index is 8.89. The third kappa shape index (κ3) is 2.11. The Kier molecular flexibility index (Phi) is 2.72. The number of nitrogens with one attached hydrogen (secondary N) is 1. The first-order valence-electron chi connectivity index (χ1n) is 7.47. The molecule has 5 rings (SSSR count). The maximum Gasteiger partial charge on any atom is 0.100 e. The van der Waals surface area contributed by atoms with Crippen molar-refractivity contribution in [2.45, 2.75) is 50.6 Å². The highest BCUT2D eigenvalue weighted by Gasteiger charge is 2.50. The van der Waals surface area contributed by atoms with E-state index in [1.54, 1.807) is 11.3 Å². The van der Waals surface area contributed by atoms with Crippen LogP contribution < -0.4 is 5.32 Å². The standard InChI is InChI=1S/C16H20N2S/c17-8-14-4-15(19-10-14)9-18-16-5-11-1-12(6-16)3-13(2-11)7-16/h4,10-13,18H,1-3,5-7,9H2. The molecule has 0 saturated heterocycles. The second-order valence-electron chi connectivity index (χ2n) is 6.96. The molecule has 0 aromatic carbocycles. The fourth-order valence-corrected chi connectivity index (χ4v) is 5.88. The van der Waals surface area contributed by atoms with Gasteiger partial charge in [-0.05, 0) is 62.3 Å². The van der Waals surface area contributed by atoms with Crippen LogP contribution >= 0.6 is 11.3 Å². The molecule has 100 valence electrons. The van der Waals surface area contributed by atoms with Crippen molar-refractivity contribution in [3.05, 3.63) is 21.9 Å². The van der Waals surface area contributed by atoms with E-state index in [1.165, 1.54) is 43.4 Å². The Balaban J connectivity index is 1.46. The number of hydrogen-bond donors (Lipinski definition) is 1. The Morgan fingerprint density at radius 3 is 2.37 bits per heavy atom. The summed E-state index contributed by atoms with van der Waals surface area (Å²) in [6, 6.07) is 4.26. The van der Waals surface area contributed by atoms with Gasteiger partial charge in [-0.15, -0.1) is 11.3 Å². The maximum absolute atomic E-state index is 8.89. The van der Waals surface area contributed by atoms with E-state index in [-0.39, 0.29) is 0 Å². The first-order chi connectivity index (χ1) is 9.25. The van der Waals surface area contributed by atoms with Gasteiger partial charge in [0.2, 0.25) is 0 Å². The van der Waals surface area contributed by atoms with Gasteiger partial charge in [0.15, 0.2) is 0 Å². The molecule has 2 nitrogen and oxygen atoms in total. The third-order valence-electron chi connectivity index (χ3n) is 5.46. The van der Waals surface area contributed by atoms with Crippen LogP contribution in [0.25, 0.3) is 0 Å². The molecule has 3 heteroatoms. The summed E-state index contributed by atoms with van der Waals surface area (Å²) in [4.78, 5) is 1.31. The predicted octanol–water partition coefficient (Wildman–Crippen LogP) is 3.68. The lowest BCUT2D eigenvalue weighted by Gasteiger charge is -2.57. The summed E-state index contributed by atoms with van der Waals surface area (Å²) in [5.74, 6) is 2.99. The third-order valence-corrected chi connectivity index (χ3v) is 6.40. The molecule has 4 saturated carbocycles. The van der Waals surface area contributed by atoms with E-state index in [4.69, 9.17) is 5.26 Å². The average Bonchev–Trinajstić information content (AvgIpc) is 2.83. The number of nitriles is 1. The van der Waals surface area contributed by atoms with E-state index in [0.717, 1.165) is 29.9 Å². The van der Waals surface area contributed by atoms with Gasteiger partial charge in [0.1, 0.15) is 6.07 Å². The van der Waals surface area contributed by atoms with E-state index in [9.17, 15) is 0 Å². The molecule has 1 aromatic rings. The summed E-state index contributed by atoms with van der Waals surface area (Å²) in [6.45, 7) is 0.957. The first-order valence-corrected chi connectivity index (χ1v) is 8.35. The Bertz CT molecular complexity index is 490. The summed E-state index contributed by atoms with van der Waals surface area (Å²) >= 11 is 1.72. The molecule has 19 heavy (non-hydrogen) atoms. The van der Waals surface area contributed by atoms with Crippen LogP contribution in [0.3, 0.4) is 0 Å². The van der Waals surface area contributed by atoms with Gasteiger partial charge in [0, 0.05) is 22.3 Å². The van der Waals surface area contributed by atoms with Crippen LogP contribution in [0, 0.1) is 29.1 Å². The minimum Gasteiger partial charge on any atom is -0.306 e. The molecule has 1 N–H and O–H groups in total. The van der Waals surface area contributed by atoms with Crippen LogP contribution in [0.2, 0.25) is 0 Å². The molecule has 4 fully saturated rings. The lowest BCUT2D eigenvalue weighted by atomic mass is 9.53. The highest BCUT2D eigenvalue weighted by Crippen LogP contribution is 2.55. The van der Waals surface area contributed by atoms with Gasteiger partial charge in [0.05, 0.1) is 5.56 Å². The SMILES string of the molecule is N#Cc1csc(CNC23CC4CC(CC(C4)C2)C3)c1. The van der Waals surface area contributed by atoms with Gasteiger partial charge in [-0.2, -0.15) is 5.26 Å². The van der Waals surface area contributed by atoms with Crippen molar-refractivity contribution in [2.75, 3.05) is 0 Å². The second-order valence-corrected chi connectivity index (χ2v) is 7.96. The van der Waals surface area contributed by atoms with E-state index in [0.29, 0.717) is 5.54 Å². The smallest absolute Gasteiger partial charge is 0.100 e. The summed E-state index contributed by atoms with van der Waals surface area (Å²) in [5.41, 5.74) is 1.25. The van der Waals surface area contributed by atoms with Gasteiger partial charge >= 0.3 is 0 Å². The molecule has 0 amide bonds. The van der Waals surface area contributed by atoms with Crippen LogP contribution in [0.15, 0.2) is 11.4 Å². The average molecular weight is 272 g/mol. The highest BCUT2D eigenvalue weighted by molar-refractivity contribution is 7.10. The molecule has 0 radical (unpaired) electrons. The minimum absolute atomic E-state index is 0.436. The van der Waals surface area contributed by atoms with Gasteiger partial charge in [-0.1, -0.05) is 0 Å². The zero-order valence-electron chi connectivity index (χ0n) is 11.2. The summed E-state index contributed by atoms with van der Waals surface area (Å²) < 4.78 is 0. The fraction of sp³-hybridized carbons (Fsp3) is 0.688. The lowest BCUT2D eigenvalue weighted by Crippen LogP contribution is -2.58. The molecule has 4 aliphatic carbocycles. The summed E-state index contributed by atoms with van der Waals surface area (Å²) in [7, 11) is 0. The van der Waals surface area contributed by atoms with Crippen LogP contribution in [0.5, 0.6) is 0 Å². The quantitative estimate of drug-likeness (QED) is 0.911. The van der Waals surface area contributed by atoms with E-state index >= 15 is 0 Å². The van der Waals surface area contributed by atoms with Crippen molar-refractivity contribution in [2.24, 2.45) is 17.8 Å². The largest absolute Gasteiger partial charge is 0.306 e. The van der Waals surface area contributed by atoms with Crippen molar-refractivity contribution in [1.29, 1.82) is 5.26 Å². The normalized spacial score (nSPS) is 39.4. The first kappa shape index (κ1) is 11.9. The minimum atomic E-state index is 0.436. The van der Waals surface area contributed by atoms with Gasteiger partial charge in [-0.25, -0.2) is 0 Å². The lowest BCUT2D eigenvalue weighted by molar-refractivity contribution is -0.0204. The summed E-state index contributed by atoms with van der Waals surface area (Å²) in [5, 5.41) is 14.7. The molecule has 4 bridgehead atoms. The topological polar surface area (TPSA) is 35.8 Å². The predicted molar refractivity (Wildman–Crippen MR) is 76.8 cm³/mol. The van der Waals surface area contributed by atoms with Crippen molar-refractivity contribution in [3.63, 3.8) is 0 Å². The van der Waals surface area contributed by atoms with Crippen LogP contribution in [-0.4, -0.2) is 5.54 Å². The van der Waals surface area contributed by atoms with Crippen molar-refractivity contribution in [3.8, 4) is 6.07 Å². The van der Waals surface area contributed by atoms with E-state index in [2.05, 4.69) is 11.4 Å². The molecule has 1 aromatic heterocycles. The molecular weight excluding hydrogens is 252 g/mol. The van der Waals surface area contributed by atoms with Crippen molar-refractivity contribution < 1.29 is 0 Å². The molecule has 0 atom stereocenters. The molecule has 4 aliphatic rings. The Morgan fingerprint density at radius 2 is 1.84 bits per heavy atom. The van der Waals surface area contributed by atoms with Crippen molar-refractivity contribution >= 4 is 11.3 Å². The molecule has 1 heterocycles. The highest BCUT2D eigenvalue weighted by atomic mass is 32.1. The Labute approximate surface area is 118 Å². The van der Waals surface area contributed by atoms with Crippen LogP contribution in [-0.2, 0) is 6.54 Å². The molecule has 0 aliphatic heterocycles. The number of hydrogen-bond acceptors (Lipinski definition) is 3. The number of nitrogens with zero attached hydrogens (tertiary/aromatic N) is 1. The van der Waals surface area contributed by atoms with E-state index in [1.807, 2.05) is 11.4 Å². The monoisotopic (exact) mass is 272 g/mol. The van der Waals surface area contributed by atoms with E-state index < -0.39 is 0 Å². The van der Waals surface area contributed by atoms with Crippen molar-refractivity contribution in [1.82, 2.24) is 5.32 Å². The summed E-state index contributed by atoms with van der Waals surface area (Å²) in [6.07, 6.45) is 8.69. The van der Waals surface area contributed by atoms with Gasteiger partial charge in [0.25, 0.3) is 0 Å². The molecular formula is C16H20N2S. The van der Waals surface area contributed by atoms with Crippen LogP contribution in [0.1, 0.15) is 49.0 Å². The van der Waals surface area contributed by atoms with Gasteiger partial charge in [-0.3, -0.25) is 0 Å². The second kappa shape index (κ2) is 4.33. The zero-order valence-corrected chi connectivity index (χ0v) is 12.0. The Morgan fingerprint density at radius 1 is 1.21 bits per heavy atom. The molecule has 0 unspecified atom stereocenters.